The molecule has 0 atom stereocenters. The van der Waals surface area contributed by atoms with E-state index < -0.39 is 0 Å². The number of aromatic nitrogens is 1. The van der Waals surface area contributed by atoms with E-state index in [1.807, 2.05) is 6.07 Å². The van der Waals surface area contributed by atoms with Gasteiger partial charge in [0.2, 0.25) is 0 Å². The topological polar surface area (TPSA) is 31.4 Å². The summed E-state index contributed by atoms with van der Waals surface area (Å²) in [5.41, 5.74) is 0.865. The summed E-state index contributed by atoms with van der Waals surface area (Å²) in [5.74, 6) is 7.34. The number of ether oxygens (including phenoxy) is 2. The molecule has 1 fully saturated rings. The average Bonchev–Trinajstić information content (AvgIpc) is 2.41. The molecular weight excluding hydrogens is 250 g/mol. The molecule has 2 heterocycles. The summed E-state index contributed by atoms with van der Waals surface area (Å²) in [6.45, 7) is 1.54. The summed E-state index contributed by atoms with van der Waals surface area (Å²) in [7, 11) is 0. The van der Waals surface area contributed by atoms with E-state index in [-0.39, 0.29) is 6.10 Å². The Morgan fingerprint density at radius 3 is 3.00 bits per heavy atom. The van der Waals surface area contributed by atoms with Crippen LogP contribution in [0.1, 0.15) is 24.8 Å². The highest BCUT2D eigenvalue weighted by Crippen LogP contribution is 2.17. The van der Waals surface area contributed by atoms with Gasteiger partial charge in [0, 0.05) is 36.9 Å². The highest BCUT2D eigenvalue weighted by molar-refractivity contribution is 6.18. The molecule has 1 aliphatic heterocycles. The first-order chi connectivity index (χ1) is 8.88. The van der Waals surface area contributed by atoms with Crippen LogP contribution in [0.25, 0.3) is 0 Å². The van der Waals surface area contributed by atoms with Crippen molar-refractivity contribution in [1.82, 2.24) is 4.98 Å². The van der Waals surface area contributed by atoms with E-state index in [9.17, 15) is 0 Å². The van der Waals surface area contributed by atoms with Crippen molar-refractivity contribution in [2.24, 2.45) is 0 Å². The smallest absolute Gasteiger partial charge is 0.139 e. The second kappa shape index (κ2) is 7.25. The number of hydrogen-bond acceptors (Lipinski definition) is 3. The number of pyridine rings is 1. The van der Waals surface area contributed by atoms with E-state index in [1.165, 1.54) is 0 Å². The molecule has 0 aromatic carbocycles. The lowest BCUT2D eigenvalue weighted by molar-refractivity contribution is 0.0254. The molecule has 4 heteroatoms. The zero-order valence-corrected chi connectivity index (χ0v) is 10.9. The van der Waals surface area contributed by atoms with Crippen LogP contribution in [0.15, 0.2) is 18.5 Å². The molecule has 0 unspecified atom stereocenters. The van der Waals surface area contributed by atoms with E-state index in [4.69, 9.17) is 21.1 Å². The Balaban J connectivity index is 1.96. The molecular formula is C14H16ClNO2. The number of alkyl halides is 1. The standard InChI is InChI=1S/C14H16ClNO2/c15-6-2-1-3-12-9-14(11-16-10-12)18-13-4-7-17-8-5-13/h9-11,13H,2,4-8H2. The van der Waals surface area contributed by atoms with Crippen LogP contribution in [-0.2, 0) is 4.74 Å². The minimum Gasteiger partial charge on any atom is -0.489 e. The Hall–Kier alpha value is -1.24. The van der Waals surface area contributed by atoms with Gasteiger partial charge in [0.05, 0.1) is 19.4 Å². The lowest BCUT2D eigenvalue weighted by Gasteiger charge is -2.23. The first-order valence-electron chi connectivity index (χ1n) is 6.13. The Kier molecular flexibility index (Phi) is 5.32. The zero-order valence-electron chi connectivity index (χ0n) is 10.2. The van der Waals surface area contributed by atoms with Crippen LogP contribution in [0.2, 0.25) is 0 Å². The third kappa shape index (κ3) is 4.21. The summed E-state index contributed by atoms with van der Waals surface area (Å²) in [4.78, 5) is 4.14. The Morgan fingerprint density at radius 2 is 2.22 bits per heavy atom. The molecule has 1 aromatic heterocycles. The molecule has 0 bridgehead atoms. The molecule has 0 amide bonds. The third-order valence-corrected chi connectivity index (χ3v) is 2.83. The van der Waals surface area contributed by atoms with E-state index >= 15 is 0 Å². The number of hydrogen-bond donors (Lipinski definition) is 0. The van der Waals surface area contributed by atoms with E-state index in [0.717, 1.165) is 37.4 Å². The van der Waals surface area contributed by atoms with Crippen LogP contribution < -0.4 is 4.74 Å². The fourth-order valence-electron chi connectivity index (χ4n) is 1.75. The van der Waals surface area contributed by atoms with Gasteiger partial charge in [-0.1, -0.05) is 11.8 Å². The fraction of sp³-hybridized carbons (Fsp3) is 0.500. The van der Waals surface area contributed by atoms with Gasteiger partial charge in [-0.2, -0.15) is 0 Å². The van der Waals surface area contributed by atoms with E-state index in [2.05, 4.69) is 16.8 Å². The minimum atomic E-state index is 0.228. The Bertz CT molecular complexity index is 433. The molecule has 0 spiro atoms. The molecule has 1 aliphatic rings. The van der Waals surface area contributed by atoms with Crippen LogP contribution in [0.4, 0.5) is 0 Å². The van der Waals surface area contributed by atoms with Gasteiger partial charge in [-0.05, 0) is 6.07 Å². The number of halogens is 1. The monoisotopic (exact) mass is 265 g/mol. The summed E-state index contributed by atoms with van der Waals surface area (Å²) < 4.78 is 11.2. The van der Waals surface area contributed by atoms with Crippen molar-refractivity contribution in [1.29, 1.82) is 0 Å². The molecule has 0 radical (unpaired) electrons. The molecule has 96 valence electrons. The first-order valence-corrected chi connectivity index (χ1v) is 6.66. The van der Waals surface area contributed by atoms with Crippen molar-refractivity contribution in [3.8, 4) is 17.6 Å². The van der Waals surface area contributed by atoms with Gasteiger partial charge in [-0.25, -0.2) is 0 Å². The lowest BCUT2D eigenvalue weighted by atomic mass is 10.1. The fourth-order valence-corrected chi connectivity index (χ4v) is 1.84. The predicted molar refractivity (Wildman–Crippen MR) is 70.9 cm³/mol. The molecule has 0 saturated carbocycles. The maximum Gasteiger partial charge on any atom is 0.139 e. The van der Waals surface area contributed by atoms with Crippen molar-refractivity contribution in [3.63, 3.8) is 0 Å². The second-order valence-electron chi connectivity index (χ2n) is 4.08. The molecule has 3 nitrogen and oxygen atoms in total. The maximum absolute atomic E-state index is 5.87. The van der Waals surface area contributed by atoms with Crippen molar-refractivity contribution in [2.45, 2.75) is 25.4 Å². The Morgan fingerprint density at radius 1 is 1.39 bits per heavy atom. The highest BCUT2D eigenvalue weighted by atomic mass is 35.5. The molecule has 2 rings (SSSR count). The first kappa shape index (κ1) is 13.2. The minimum absolute atomic E-state index is 0.228. The van der Waals surface area contributed by atoms with Crippen molar-refractivity contribution >= 4 is 11.6 Å². The van der Waals surface area contributed by atoms with Gasteiger partial charge in [0.25, 0.3) is 0 Å². The summed E-state index contributed by atoms with van der Waals surface area (Å²) in [6.07, 6.45) is 6.24. The summed E-state index contributed by atoms with van der Waals surface area (Å²) in [6, 6.07) is 1.92. The Labute approximate surface area is 112 Å². The van der Waals surface area contributed by atoms with Crippen molar-refractivity contribution in [2.75, 3.05) is 19.1 Å². The van der Waals surface area contributed by atoms with Gasteiger partial charge < -0.3 is 9.47 Å². The second-order valence-corrected chi connectivity index (χ2v) is 4.46. The number of nitrogens with zero attached hydrogens (tertiary/aromatic N) is 1. The van der Waals surface area contributed by atoms with E-state index in [1.54, 1.807) is 12.4 Å². The van der Waals surface area contributed by atoms with E-state index in [0.29, 0.717) is 12.3 Å². The quantitative estimate of drug-likeness (QED) is 0.622. The highest BCUT2D eigenvalue weighted by Gasteiger charge is 2.15. The predicted octanol–water partition coefficient (Wildman–Crippen LogP) is 2.62. The molecule has 1 aromatic rings. The van der Waals surface area contributed by atoms with Gasteiger partial charge in [0.1, 0.15) is 11.9 Å². The number of rotatable bonds is 3. The SMILES string of the molecule is ClCCC#Cc1cncc(OC2CCOCC2)c1. The van der Waals surface area contributed by atoms with Gasteiger partial charge in [0.15, 0.2) is 0 Å². The maximum atomic E-state index is 5.87. The molecule has 0 aliphatic carbocycles. The van der Waals surface area contributed by atoms with Gasteiger partial charge >= 0.3 is 0 Å². The van der Waals surface area contributed by atoms with Gasteiger partial charge in [-0.3, -0.25) is 4.98 Å². The van der Waals surface area contributed by atoms with Crippen LogP contribution in [0.5, 0.6) is 5.75 Å². The largest absolute Gasteiger partial charge is 0.489 e. The lowest BCUT2D eigenvalue weighted by Crippen LogP contribution is -2.25. The van der Waals surface area contributed by atoms with Crippen molar-refractivity contribution in [3.05, 3.63) is 24.0 Å². The third-order valence-electron chi connectivity index (χ3n) is 2.64. The summed E-state index contributed by atoms with van der Waals surface area (Å²) >= 11 is 5.57. The average molecular weight is 266 g/mol. The normalized spacial score (nSPS) is 15.8. The van der Waals surface area contributed by atoms with Crippen LogP contribution in [0.3, 0.4) is 0 Å². The molecule has 18 heavy (non-hydrogen) atoms. The van der Waals surface area contributed by atoms with Crippen LogP contribution in [-0.4, -0.2) is 30.2 Å². The molecule has 1 saturated heterocycles. The van der Waals surface area contributed by atoms with Crippen molar-refractivity contribution < 1.29 is 9.47 Å². The van der Waals surface area contributed by atoms with Gasteiger partial charge in [-0.15, -0.1) is 11.6 Å². The van der Waals surface area contributed by atoms with Crippen LogP contribution in [0, 0.1) is 11.8 Å². The van der Waals surface area contributed by atoms with Crippen LogP contribution >= 0.6 is 11.6 Å². The molecule has 0 N–H and O–H groups in total. The zero-order chi connectivity index (χ0) is 12.6. The summed E-state index contributed by atoms with van der Waals surface area (Å²) in [5, 5.41) is 0.